The van der Waals surface area contributed by atoms with Crippen molar-refractivity contribution in [3.05, 3.63) is 12.2 Å². The van der Waals surface area contributed by atoms with Crippen molar-refractivity contribution in [1.82, 2.24) is 5.32 Å². The summed E-state index contributed by atoms with van der Waals surface area (Å²) in [4.78, 5) is 12.4. The molecule has 0 aliphatic carbocycles. The van der Waals surface area contributed by atoms with Crippen molar-refractivity contribution in [3.8, 4) is 0 Å². The van der Waals surface area contributed by atoms with Gasteiger partial charge in [-0.25, -0.2) is 0 Å². The van der Waals surface area contributed by atoms with E-state index < -0.39 is 24.2 Å². The molecule has 0 aliphatic heterocycles. The standard InChI is InChI=1S/C38H75NO4/c1-3-5-7-9-11-13-15-17-19-21-22-24-26-28-30-32-36(41)35(34-40)39-38(43)37(42)33-31-29-27-25-23-20-18-16-14-12-10-8-6-4-2/h30,32,35-37,40-42H,3-29,31,33-34H2,1-2H3,(H,39,43)/b32-30+/t35-,36+,37-/m1/s1. The molecule has 0 aromatic heterocycles. The Morgan fingerprint density at radius 2 is 0.907 bits per heavy atom. The normalized spacial score (nSPS) is 13.9. The molecule has 0 saturated carbocycles. The molecule has 43 heavy (non-hydrogen) atoms. The van der Waals surface area contributed by atoms with Gasteiger partial charge in [-0.05, 0) is 19.3 Å². The smallest absolute Gasteiger partial charge is 0.249 e. The van der Waals surface area contributed by atoms with Gasteiger partial charge >= 0.3 is 0 Å². The summed E-state index contributed by atoms with van der Waals surface area (Å²) < 4.78 is 0. The average molecular weight is 610 g/mol. The number of allylic oxidation sites excluding steroid dienone is 1. The number of aliphatic hydroxyl groups is 3. The highest BCUT2D eigenvalue weighted by atomic mass is 16.3. The van der Waals surface area contributed by atoms with Gasteiger partial charge in [-0.3, -0.25) is 4.79 Å². The minimum Gasteiger partial charge on any atom is -0.394 e. The largest absolute Gasteiger partial charge is 0.394 e. The fourth-order valence-corrected chi connectivity index (χ4v) is 5.83. The number of unbranched alkanes of at least 4 members (excludes halogenated alkanes) is 26. The number of carbonyl (C=O) groups is 1. The van der Waals surface area contributed by atoms with E-state index in [1.807, 2.05) is 6.08 Å². The van der Waals surface area contributed by atoms with Crippen LogP contribution in [0, 0.1) is 0 Å². The predicted octanol–water partition coefficient (Wildman–Crippen LogP) is 10.1. The van der Waals surface area contributed by atoms with Crippen molar-refractivity contribution >= 4 is 5.91 Å². The van der Waals surface area contributed by atoms with E-state index in [4.69, 9.17) is 0 Å². The van der Waals surface area contributed by atoms with Crippen molar-refractivity contribution in [2.45, 2.75) is 218 Å². The molecule has 5 nitrogen and oxygen atoms in total. The Morgan fingerprint density at radius 1 is 0.558 bits per heavy atom. The quantitative estimate of drug-likeness (QED) is 0.0432. The second kappa shape index (κ2) is 34.0. The minimum absolute atomic E-state index is 0.360. The fourth-order valence-electron chi connectivity index (χ4n) is 5.83. The molecule has 1 amide bonds. The minimum atomic E-state index is -1.09. The number of aliphatic hydroxyl groups excluding tert-OH is 3. The average Bonchev–Trinajstić information content (AvgIpc) is 3.01. The summed E-state index contributed by atoms with van der Waals surface area (Å²) in [5.41, 5.74) is 0. The van der Waals surface area contributed by atoms with E-state index >= 15 is 0 Å². The number of carbonyl (C=O) groups excluding carboxylic acids is 1. The summed E-state index contributed by atoms with van der Waals surface area (Å²) >= 11 is 0. The van der Waals surface area contributed by atoms with E-state index in [9.17, 15) is 20.1 Å². The zero-order chi connectivity index (χ0) is 31.6. The van der Waals surface area contributed by atoms with Gasteiger partial charge in [-0.1, -0.05) is 193 Å². The van der Waals surface area contributed by atoms with Gasteiger partial charge in [-0.15, -0.1) is 0 Å². The van der Waals surface area contributed by atoms with E-state index in [0.717, 1.165) is 32.1 Å². The van der Waals surface area contributed by atoms with Crippen LogP contribution in [0.1, 0.15) is 200 Å². The second-order valence-electron chi connectivity index (χ2n) is 13.1. The lowest BCUT2D eigenvalue weighted by atomic mass is 10.0. The highest BCUT2D eigenvalue weighted by molar-refractivity contribution is 5.80. The Balaban J connectivity index is 3.72. The summed E-state index contributed by atoms with van der Waals surface area (Å²) in [5.74, 6) is -0.502. The molecule has 0 bridgehead atoms. The Bertz CT molecular complexity index is 596. The van der Waals surface area contributed by atoms with E-state index in [-0.39, 0.29) is 6.61 Å². The predicted molar refractivity (Wildman–Crippen MR) is 185 cm³/mol. The van der Waals surface area contributed by atoms with Crippen LogP contribution in [-0.4, -0.2) is 46.1 Å². The fraction of sp³-hybridized carbons (Fsp3) is 0.921. The lowest BCUT2D eigenvalue weighted by Crippen LogP contribution is -2.48. The van der Waals surface area contributed by atoms with Gasteiger partial charge in [0.25, 0.3) is 0 Å². The Kier molecular flexibility index (Phi) is 33.3. The highest BCUT2D eigenvalue weighted by Crippen LogP contribution is 2.15. The molecular weight excluding hydrogens is 534 g/mol. The van der Waals surface area contributed by atoms with Crippen LogP contribution < -0.4 is 5.32 Å². The second-order valence-corrected chi connectivity index (χ2v) is 13.1. The monoisotopic (exact) mass is 610 g/mol. The first kappa shape index (κ1) is 42.1. The molecule has 0 aromatic rings. The van der Waals surface area contributed by atoms with Crippen LogP contribution in [0.3, 0.4) is 0 Å². The summed E-state index contributed by atoms with van der Waals surface area (Å²) in [6.45, 7) is 4.17. The maximum absolute atomic E-state index is 12.4. The van der Waals surface area contributed by atoms with Crippen LogP contribution in [0.2, 0.25) is 0 Å². The molecule has 0 heterocycles. The molecule has 0 radical (unpaired) electrons. The number of hydrogen-bond acceptors (Lipinski definition) is 4. The molecular formula is C38H75NO4. The lowest BCUT2D eigenvalue weighted by Gasteiger charge is -2.21. The van der Waals surface area contributed by atoms with E-state index in [2.05, 4.69) is 19.2 Å². The molecule has 0 aliphatic rings. The van der Waals surface area contributed by atoms with Gasteiger partial charge in [0.05, 0.1) is 18.8 Å². The molecule has 0 saturated heterocycles. The summed E-state index contributed by atoms with van der Waals surface area (Å²) in [7, 11) is 0. The van der Waals surface area contributed by atoms with Crippen LogP contribution in [0.5, 0.6) is 0 Å². The van der Waals surface area contributed by atoms with Crippen LogP contribution in [-0.2, 0) is 4.79 Å². The van der Waals surface area contributed by atoms with Crippen LogP contribution in [0.15, 0.2) is 12.2 Å². The van der Waals surface area contributed by atoms with Gasteiger partial charge in [0.2, 0.25) is 5.91 Å². The van der Waals surface area contributed by atoms with Gasteiger partial charge < -0.3 is 20.6 Å². The van der Waals surface area contributed by atoms with Crippen molar-refractivity contribution < 1.29 is 20.1 Å². The maximum atomic E-state index is 12.4. The third-order valence-electron chi connectivity index (χ3n) is 8.88. The van der Waals surface area contributed by atoms with Crippen molar-refractivity contribution in [1.29, 1.82) is 0 Å². The number of rotatable bonds is 34. The molecule has 0 rings (SSSR count). The summed E-state index contributed by atoms with van der Waals surface area (Å²) in [5, 5.41) is 33.0. The highest BCUT2D eigenvalue weighted by Gasteiger charge is 2.22. The lowest BCUT2D eigenvalue weighted by molar-refractivity contribution is -0.131. The molecule has 5 heteroatoms. The zero-order valence-corrected chi connectivity index (χ0v) is 28.8. The third-order valence-corrected chi connectivity index (χ3v) is 8.88. The first-order valence-electron chi connectivity index (χ1n) is 19.0. The topological polar surface area (TPSA) is 89.8 Å². The molecule has 4 N–H and O–H groups in total. The van der Waals surface area contributed by atoms with Crippen LogP contribution in [0.4, 0.5) is 0 Å². The van der Waals surface area contributed by atoms with Gasteiger partial charge in [0.1, 0.15) is 6.10 Å². The van der Waals surface area contributed by atoms with Gasteiger partial charge in [0.15, 0.2) is 0 Å². The number of nitrogens with one attached hydrogen (secondary N) is 1. The first-order chi connectivity index (χ1) is 21.1. The maximum Gasteiger partial charge on any atom is 0.249 e. The van der Waals surface area contributed by atoms with Gasteiger partial charge in [0, 0.05) is 0 Å². The number of amides is 1. The Labute approximate surface area is 268 Å². The number of hydrogen-bond donors (Lipinski definition) is 4. The summed E-state index contributed by atoms with van der Waals surface area (Å²) in [6, 6.07) is -0.790. The molecule has 0 unspecified atom stereocenters. The van der Waals surface area contributed by atoms with E-state index in [1.165, 1.54) is 148 Å². The van der Waals surface area contributed by atoms with Crippen molar-refractivity contribution in [2.75, 3.05) is 6.61 Å². The first-order valence-corrected chi connectivity index (χ1v) is 19.0. The molecule has 3 atom stereocenters. The molecule has 0 fully saturated rings. The molecule has 0 spiro atoms. The van der Waals surface area contributed by atoms with E-state index in [1.54, 1.807) is 6.08 Å². The van der Waals surface area contributed by atoms with Crippen LogP contribution in [0.25, 0.3) is 0 Å². The molecule has 0 aromatic carbocycles. The van der Waals surface area contributed by atoms with E-state index in [0.29, 0.717) is 6.42 Å². The Morgan fingerprint density at radius 3 is 1.28 bits per heavy atom. The van der Waals surface area contributed by atoms with Gasteiger partial charge in [-0.2, -0.15) is 0 Å². The van der Waals surface area contributed by atoms with Crippen molar-refractivity contribution in [2.24, 2.45) is 0 Å². The van der Waals surface area contributed by atoms with Crippen molar-refractivity contribution in [3.63, 3.8) is 0 Å². The SMILES string of the molecule is CCCCCCCCCCCCCCC/C=C/[C@H](O)[C@@H](CO)NC(=O)[C@H](O)CCCCCCCCCCCCCCCC. The zero-order valence-electron chi connectivity index (χ0n) is 28.8. The van der Waals surface area contributed by atoms with Crippen LogP contribution >= 0.6 is 0 Å². The molecule has 256 valence electrons. The summed E-state index contributed by atoms with van der Waals surface area (Å²) in [6.07, 6.45) is 37.9. The Hall–Kier alpha value is -0.910. The third kappa shape index (κ3) is 29.6.